The van der Waals surface area contributed by atoms with Crippen LogP contribution in [0.4, 0.5) is 18.9 Å². The maximum absolute atomic E-state index is 13.6. The van der Waals surface area contributed by atoms with Gasteiger partial charge in [0.1, 0.15) is 5.75 Å². The van der Waals surface area contributed by atoms with Crippen molar-refractivity contribution < 1.29 is 32.2 Å². The van der Waals surface area contributed by atoms with E-state index in [4.69, 9.17) is 15.2 Å². The Bertz CT molecular complexity index is 942. The summed E-state index contributed by atoms with van der Waals surface area (Å²) >= 11 is 0. The SMILES string of the molecule is NC(=O)Cc1ccc(OCC(=O)NCc2ccc(N3CCOCC3)cc2C(F)(F)F)cc1. The highest BCUT2D eigenvalue weighted by Crippen LogP contribution is 2.35. The topological polar surface area (TPSA) is 93.9 Å². The summed E-state index contributed by atoms with van der Waals surface area (Å²) in [5, 5.41) is 2.46. The Labute approximate surface area is 183 Å². The van der Waals surface area contributed by atoms with Crippen LogP contribution < -0.4 is 20.7 Å². The minimum absolute atomic E-state index is 0.0290. The Kier molecular flexibility index (Phi) is 7.57. The largest absolute Gasteiger partial charge is 0.484 e. The first-order valence-electron chi connectivity index (χ1n) is 10.0. The van der Waals surface area contributed by atoms with E-state index in [1.807, 2.05) is 4.90 Å². The van der Waals surface area contributed by atoms with Gasteiger partial charge < -0.3 is 25.4 Å². The number of carbonyl (C=O) groups excluding carboxylic acids is 2. The third kappa shape index (κ3) is 6.61. The minimum Gasteiger partial charge on any atom is -0.484 e. The second kappa shape index (κ2) is 10.4. The molecular weight excluding hydrogens is 427 g/mol. The molecule has 1 saturated heterocycles. The molecule has 3 rings (SSSR count). The molecule has 0 aromatic heterocycles. The zero-order chi connectivity index (χ0) is 23.1. The number of benzene rings is 2. The van der Waals surface area contributed by atoms with Crippen molar-refractivity contribution in [3.05, 3.63) is 59.2 Å². The Morgan fingerprint density at radius 1 is 1.09 bits per heavy atom. The lowest BCUT2D eigenvalue weighted by Crippen LogP contribution is -2.36. The fraction of sp³-hybridized carbons (Fsp3) is 0.364. The molecule has 0 aliphatic carbocycles. The van der Waals surface area contributed by atoms with E-state index in [2.05, 4.69) is 5.32 Å². The number of nitrogens with zero attached hydrogens (tertiary/aromatic N) is 1. The Morgan fingerprint density at radius 2 is 1.78 bits per heavy atom. The van der Waals surface area contributed by atoms with Gasteiger partial charge in [-0.2, -0.15) is 13.2 Å². The van der Waals surface area contributed by atoms with Crippen molar-refractivity contribution in [3.8, 4) is 5.75 Å². The van der Waals surface area contributed by atoms with Crippen molar-refractivity contribution in [2.24, 2.45) is 5.73 Å². The van der Waals surface area contributed by atoms with Crippen LogP contribution in [0.25, 0.3) is 0 Å². The van der Waals surface area contributed by atoms with Gasteiger partial charge in [-0.15, -0.1) is 0 Å². The van der Waals surface area contributed by atoms with E-state index >= 15 is 0 Å². The molecular formula is C22H24F3N3O4. The first kappa shape index (κ1) is 23.4. The van der Waals surface area contributed by atoms with E-state index in [1.54, 1.807) is 30.3 Å². The van der Waals surface area contributed by atoms with Gasteiger partial charge >= 0.3 is 6.18 Å². The number of hydrogen-bond acceptors (Lipinski definition) is 5. The first-order chi connectivity index (χ1) is 15.2. The molecule has 1 aliphatic heterocycles. The van der Waals surface area contributed by atoms with Gasteiger partial charge in [-0.25, -0.2) is 0 Å². The predicted molar refractivity (Wildman–Crippen MR) is 111 cm³/mol. The van der Waals surface area contributed by atoms with Crippen LogP contribution in [0.5, 0.6) is 5.75 Å². The zero-order valence-electron chi connectivity index (χ0n) is 17.3. The van der Waals surface area contributed by atoms with Crippen molar-refractivity contribution in [2.45, 2.75) is 19.1 Å². The van der Waals surface area contributed by atoms with Crippen LogP contribution in [0, 0.1) is 0 Å². The number of amides is 2. The second-order valence-electron chi connectivity index (χ2n) is 7.29. The highest BCUT2D eigenvalue weighted by molar-refractivity contribution is 5.78. The molecule has 0 atom stereocenters. The number of carbonyl (C=O) groups is 2. The molecule has 172 valence electrons. The molecule has 1 heterocycles. The lowest BCUT2D eigenvalue weighted by Gasteiger charge is -2.29. The molecule has 0 radical (unpaired) electrons. The van der Waals surface area contributed by atoms with Crippen LogP contribution in [0.15, 0.2) is 42.5 Å². The van der Waals surface area contributed by atoms with E-state index < -0.39 is 23.6 Å². The molecule has 32 heavy (non-hydrogen) atoms. The number of anilines is 1. The summed E-state index contributed by atoms with van der Waals surface area (Å²) in [5.41, 5.74) is 5.49. The van der Waals surface area contributed by atoms with Gasteiger partial charge in [-0.1, -0.05) is 18.2 Å². The van der Waals surface area contributed by atoms with E-state index in [0.717, 1.165) is 6.07 Å². The summed E-state index contributed by atoms with van der Waals surface area (Å²) in [6, 6.07) is 10.6. The third-order valence-corrected chi connectivity index (χ3v) is 4.92. The van der Waals surface area contributed by atoms with E-state index in [9.17, 15) is 22.8 Å². The average Bonchev–Trinajstić information content (AvgIpc) is 2.76. The van der Waals surface area contributed by atoms with Gasteiger partial charge in [0.15, 0.2) is 6.61 Å². The fourth-order valence-corrected chi connectivity index (χ4v) is 3.30. The summed E-state index contributed by atoms with van der Waals surface area (Å²) < 4.78 is 51.4. The van der Waals surface area contributed by atoms with Gasteiger partial charge in [-0.05, 0) is 35.4 Å². The number of primary amides is 1. The highest BCUT2D eigenvalue weighted by Gasteiger charge is 2.34. The number of ether oxygens (including phenoxy) is 2. The van der Waals surface area contributed by atoms with E-state index in [0.29, 0.717) is 43.3 Å². The zero-order valence-corrected chi connectivity index (χ0v) is 17.3. The average molecular weight is 451 g/mol. The smallest absolute Gasteiger partial charge is 0.416 e. The monoisotopic (exact) mass is 451 g/mol. The number of nitrogens with one attached hydrogen (secondary N) is 1. The molecule has 0 unspecified atom stereocenters. The van der Waals surface area contributed by atoms with Crippen LogP contribution in [-0.2, 0) is 33.5 Å². The summed E-state index contributed by atoms with van der Waals surface area (Å²) in [6.45, 7) is 1.34. The molecule has 1 fully saturated rings. The van der Waals surface area contributed by atoms with Gasteiger partial charge in [0.25, 0.3) is 5.91 Å². The Morgan fingerprint density at radius 3 is 2.41 bits per heavy atom. The fourth-order valence-electron chi connectivity index (χ4n) is 3.30. The van der Waals surface area contributed by atoms with Crippen LogP contribution in [0.2, 0.25) is 0 Å². The number of halogens is 3. The minimum atomic E-state index is -4.55. The molecule has 0 spiro atoms. The number of morpholine rings is 1. The van der Waals surface area contributed by atoms with Gasteiger partial charge in [-0.3, -0.25) is 9.59 Å². The molecule has 1 aliphatic rings. The van der Waals surface area contributed by atoms with Gasteiger partial charge in [0.05, 0.1) is 25.2 Å². The standard InChI is InChI=1S/C22H24F3N3O4/c23-22(24,25)19-12-17(28-7-9-31-10-8-28)4-3-16(19)13-27-21(30)14-32-18-5-1-15(2-6-18)11-20(26)29/h1-6,12H,7-11,13-14H2,(H2,26,29)(H,27,30). The van der Waals surface area contributed by atoms with Gasteiger partial charge in [0.2, 0.25) is 5.91 Å². The molecule has 7 nitrogen and oxygen atoms in total. The Hall–Kier alpha value is -3.27. The van der Waals surface area contributed by atoms with Crippen LogP contribution in [-0.4, -0.2) is 44.7 Å². The van der Waals surface area contributed by atoms with E-state index in [-0.39, 0.29) is 25.1 Å². The predicted octanol–water partition coefficient (Wildman–Crippen LogP) is 2.27. The summed E-state index contributed by atoms with van der Waals surface area (Å²) in [7, 11) is 0. The lowest BCUT2D eigenvalue weighted by molar-refractivity contribution is -0.138. The van der Waals surface area contributed by atoms with Crippen LogP contribution >= 0.6 is 0 Å². The maximum atomic E-state index is 13.6. The lowest BCUT2D eigenvalue weighted by atomic mass is 10.0. The number of hydrogen-bond donors (Lipinski definition) is 2. The van der Waals surface area contributed by atoms with Crippen molar-refractivity contribution in [1.82, 2.24) is 5.32 Å². The van der Waals surface area contributed by atoms with Crippen molar-refractivity contribution in [1.29, 1.82) is 0 Å². The van der Waals surface area contributed by atoms with Crippen molar-refractivity contribution >= 4 is 17.5 Å². The second-order valence-corrected chi connectivity index (χ2v) is 7.29. The number of rotatable bonds is 8. The van der Waals surface area contributed by atoms with Crippen molar-refractivity contribution in [3.63, 3.8) is 0 Å². The molecule has 2 aromatic carbocycles. The molecule has 0 bridgehead atoms. The van der Waals surface area contributed by atoms with E-state index in [1.165, 1.54) is 6.07 Å². The van der Waals surface area contributed by atoms with Crippen LogP contribution in [0.3, 0.4) is 0 Å². The molecule has 2 amide bonds. The normalized spacial score (nSPS) is 14.2. The summed E-state index contributed by atoms with van der Waals surface area (Å²) in [5.74, 6) is -0.634. The third-order valence-electron chi connectivity index (χ3n) is 4.92. The number of alkyl halides is 3. The van der Waals surface area contributed by atoms with Crippen molar-refractivity contribution in [2.75, 3.05) is 37.8 Å². The summed E-state index contributed by atoms with van der Waals surface area (Å²) in [6.07, 6.45) is -4.46. The Balaban J connectivity index is 1.57. The highest BCUT2D eigenvalue weighted by atomic mass is 19.4. The molecule has 3 N–H and O–H groups in total. The molecule has 10 heteroatoms. The molecule has 0 saturated carbocycles. The summed E-state index contributed by atoms with van der Waals surface area (Å²) in [4.78, 5) is 24.8. The van der Waals surface area contributed by atoms with Gasteiger partial charge in [0, 0.05) is 25.3 Å². The first-order valence-corrected chi connectivity index (χ1v) is 10.0. The maximum Gasteiger partial charge on any atom is 0.416 e. The quantitative estimate of drug-likeness (QED) is 0.642. The number of nitrogens with two attached hydrogens (primary N) is 1. The van der Waals surface area contributed by atoms with Crippen LogP contribution in [0.1, 0.15) is 16.7 Å². The molecule has 2 aromatic rings.